The summed E-state index contributed by atoms with van der Waals surface area (Å²) in [6, 6.07) is 3.92. The van der Waals surface area contributed by atoms with Crippen LogP contribution in [0, 0.1) is 13.8 Å². The quantitative estimate of drug-likeness (QED) is 0.682. The van der Waals surface area contributed by atoms with Crippen LogP contribution >= 0.6 is 0 Å². The molecule has 126 valence electrons. The van der Waals surface area contributed by atoms with Crippen molar-refractivity contribution in [3.05, 3.63) is 71.5 Å². The second-order valence-corrected chi connectivity index (χ2v) is 5.83. The Kier molecular flexibility index (Phi) is 5.80. The molecule has 0 aromatic heterocycles. The van der Waals surface area contributed by atoms with Gasteiger partial charge in [-0.25, -0.2) is 0 Å². The van der Waals surface area contributed by atoms with Crippen molar-refractivity contribution in [2.75, 3.05) is 13.7 Å². The lowest BCUT2D eigenvalue weighted by atomic mass is 9.94. The molecular formula is C21H24O3. The maximum Gasteiger partial charge on any atom is 0.167 e. The molecule has 0 spiro atoms. The molecule has 0 unspecified atom stereocenters. The maximum absolute atomic E-state index is 12.3. The van der Waals surface area contributed by atoms with Crippen molar-refractivity contribution in [1.29, 1.82) is 0 Å². The standard InChI is InChI=1S/C21H24O3/c1-6-8-16(7-2)13-24-17-11-14(3)20(15(4)12-17)21-18(22)9-10-19(21)23-5/h6-8,11-12H,1-2,9-10,13H2,3-5H3/b16-8+. The van der Waals surface area contributed by atoms with Gasteiger partial charge in [0.2, 0.25) is 0 Å². The Bertz CT molecular complexity index is 712. The number of allylic oxidation sites excluding steroid dienone is 4. The minimum absolute atomic E-state index is 0.148. The first-order valence-electron chi connectivity index (χ1n) is 8.00. The predicted octanol–water partition coefficient (Wildman–Crippen LogP) is 4.70. The number of hydrogen-bond acceptors (Lipinski definition) is 3. The smallest absolute Gasteiger partial charge is 0.167 e. The SMILES string of the molecule is C=C/C=C(\C=C)COc1cc(C)c(C2=C(OC)CCC2=O)c(C)c1. The van der Waals surface area contributed by atoms with Crippen LogP contribution in [0.4, 0.5) is 0 Å². The molecule has 0 fully saturated rings. The first-order valence-corrected chi connectivity index (χ1v) is 8.00. The number of carbonyl (C=O) groups excluding carboxylic acids is 1. The highest BCUT2D eigenvalue weighted by Crippen LogP contribution is 2.36. The second-order valence-electron chi connectivity index (χ2n) is 5.83. The van der Waals surface area contributed by atoms with E-state index in [2.05, 4.69) is 13.2 Å². The van der Waals surface area contributed by atoms with Crippen molar-refractivity contribution >= 4 is 11.4 Å². The maximum atomic E-state index is 12.3. The molecule has 3 nitrogen and oxygen atoms in total. The van der Waals surface area contributed by atoms with Gasteiger partial charge in [-0.05, 0) is 48.2 Å². The van der Waals surface area contributed by atoms with Crippen LogP contribution in [0.3, 0.4) is 0 Å². The van der Waals surface area contributed by atoms with Crippen LogP contribution in [0.15, 0.2) is 54.9 Å². The fourth-order valence-corrected chi connectivity index (χ4v) is 3.01. The lowest BCUT2D eigenvalue weighted by Crippen LogP contribution is -2.04. The van der Waals surface area contributed by atoms with Crippen molar-refractivity contribution in [2.45, 2.75) is 26.7 Å². The van der Waals surface area contributed by atoms with Crippen LogP contribution < -0.4 is 4.74 Å². The van der Waals surface area contributed by atoms with E-state index in [1.54, 1.807) is 19.3 Å². The molecule has 0 amide bonds. The topological polar surface area (TPSA) is 35.5 Å². The lowest BCUT2D eigenvalue weighted by molar-refractivity contribution is -0.113. The third-order valence-electron chi connectivity index (χ3n) is 4.14. The van der Waals surface area contributed by atoms with Crippen LogP contribution in [0.5, 0.6) is 5.75 Å². The van der Waals surface area contributed by atoms with E-state index >= 15 is 0 Å². The zero-order chi connectivity index (χ0) is 17.7. The first-order chi connectivity index (χ1) is 11.5. The van der Waals surface area contributed by atoms with Gasteiger partial charge in [-0.1, -0.05) is 31.4 Å². The number of hydrogen-bond donors (Lipinski definition) is 0. The van der Waals surface area contributed by atoms with Gasteiger partial charge < -0.3 is 9.47 Å². The minimum atomic E-state index is 0.148. The molecule has 0 N–H and O–H groups in total. The molecule has 3 heteroatoms. The molecule has 1 aliphatic rings. The molecule has 1 aromatic carbocycles. The van der Waals surface area contributed by atoms with E-state index in [1.165, 1.54) is 0 Å². The van der Waals surface area contributed by atoms with Crippen molar-refractivity contribution in [1.82, 2.24) is 0 Å². The normalized spacial score (nSPS) is 14.8. The number of carbonyl (C=O) groups is 1. The fraction of sp³-hybridized carbons (Fsp3) is 0.286. The fourth-order valence-electron chi connectivity index (χ4n) is 3.01. The molecule has 24 heavy (non-hydrogen) atoms. The summed E-state index contributed by atoms with van der Waals surface area (Å²) in [4.78, 5) is 12.3. The predicted molar refractivity (Wildman–Crippen MR) is 98.1 cm³/mol. The average Bonchev–Trinajstić information content (AvgIpc) is 2.92. The molecule has 0 saturated heterocycles. The zero-order valence-electron chi connectivity index (χ0n) is 14.6. The Morgan fingerprint density at radius 2 is 1.88 bits per heavy atom. The molecule has 1 aliphatic carbocycles. The van der Waals surface area contributed by atoms with E-state index in [-0.39, 0.29) is 5.78 Å². The van der Waals surface area contributed by atoms with E-state index in [9.17, 15) is 4.79 Å². The highest BCUT2D eigenvalue weighted by Gasteiger charge is 2.27. The number of rotatable bonds is 7. The Morgan fingerprint density at radius 1 is 1.21 bits per heavy atom. The van der Waals surface area contributed by atoms with Crippen LogP contribution in [0.1, 0.15) is 29.5 Å². The molecule has 2 rings (SSSR count). The zero-order valence-corrected chi connectivity index (χ0v) is 14.6. The van der Waals surface area contributed by atoms with Gasteiger partial charge in [0.05, 0.1) is 12.7 Å². The van der Waals surface area contributed by atoms with Crippen LogP contribution in [-0.2, 0) is 9.53 Å². The highest BCUT2D eigenvalue weighted by molar-refractivity contribution is 6.24. The third-order valence-corrected chi connectivity index (χ3v) is 4.14. The molecule has 0 heterocycles. The number of methoxy groups -OCH3 is 1. The van der Waals surface area contributed by atoms with Crippen LogP contribution in [0.2, 0.25) is 0 Å². The van der Waals surface area contributed by atoms with Gasteiger partial charge in [0.1, 0.15) is 18.1 Å². The van der Waals surface area contributed by atoms with Gasteiger partial charge in [0.25, 0.3) is 0 Å². The van der Waals surface area contributed by atoms with Gasteiger partial charge >= 0.3 is 0 Å². The second kappa shape index (κ2) is 7.82. The Labute approximate surface area is 144 Å². The van der Waals surface area contributed by atoms with Crippen LogP contribution in [-0.4, -0.2) is 19.5 Å². The molecule has 0 aliphatic heterocycles. The van der Waals surface area contributed by atoms with E-state index < -0.39 is 0 Å². The van der Waals surface area contributed by atoms with Crippen molar-refractivity contribution in [2.24, 2.45) is 0 Å². The van der Waals surface area contributed by atoms with Gasteiger partial charge in [-0.3, -0.25) is 4.79 Å². The van der Waals surface area contributed by atoms with Crippen LogP contribution in [0.25, 0.3) is 5.57 Å². The molecular weight excluding hydrogens is 300 g/mol. The molecule has 0 bridgehead atoms. The van der Waals surface area contributed by atoms with Crippen molar-refractivity contribution in [3.63, 3.8) is 0 Å². The van der Waals surface area contributed by atoms with Gasteiger partial charge in [-0.2, -0.15) is 0 Å². The van der Waals surface area contributed by atoms with Gasteiger partial charge in [0.15, 0.2) is 5.78 Å². The number of benzene rings is 1. The van der Waals surface area contributed by atoms with E-state index in [1.807, 2.05) is 32.1 Å². The first kappa shape index (κ1) is 17.8. The van der Waals surface area contributed by atoms with Gasteiger partial charge in [-0.15, -0.1) is 0 Å². The molecule has 1 aromatic rings. The van der Waals surface area contributed by atoms with Crippen molar-refractivity contribution < 1.29 is 14.3 Å². The monoisotopic (exact) mass is 324 g/mol. The Hall–Kier alpha value is -2.55. The molecule has 0 radical (unpaired) electrons. The Morgan fingerprint density at radius 3 is 2.42 bits per heavy atom. The summed E-state index contributed by atoms with van der Waals surface area (Å²) in [6.45, 7) is 11.9. The molecule has 0 atom stereocenters. The molecule has 0 saturated carbocycles. The lowest BCUT2D eigenvalue weighted by Gasteiger charge is -2.15. The van der Waals surface area contributed by atoms with E-state index in [0.717, 1.165) is 39.3 Å². The number of ketones is 1. The largest absolute Gasteiger partial charge is 0.500 e. The number of aryl methyl sites for hydroxylation is 2. The Balaban J connectivity index is 2.32. The average molecular weight is 324 g/mol. The summed E-state index contributed by atoms with van der Waals surface area (Å²) >= 11 is 0. The number of ether oxygens (including phenoxy) is 2. The van der Waals surface area contributed by atoms with Crippen molar-refractivity contribution in [3.8, 4) is 5.75 Å². The van der Waals surface area contributed by atoms with E-state index in [4.69, 9.17) is 9.47 Å². The highest BCUT2D eigenvalue weighted by atomic mass is 16.5. The summed E-state index contributed by atoms with van der Waals surface area (Å²) in [6.07, 6.45) is 6.53. The van der Waals surface area contributed by atoms with E-state index in [0.29, 0.717) is 19.4 Å². The summed E-state index contributed by atoms with van der Waals surface area (Å²) in [5.74, 6) is 1.70. The number of Topliss-reactive ketones (excluding diaryl/α,β-unsaturated/α-hetero) is 1. The van der Waals surface area contributed by atoms with Gasteiger partial charge in [0, 0.05) is 12.8 Å². The summed E-state index contributed by atoms with van der Waals surface area (Å²) in [5, 5.41) is 0. The summed E-state index contributed by atoms with van der Waals surface area (Å²) < 4.78 is 11.3. The summed E-state index contributed by atoms with van der Waals surface area (Å²) in [7, 11) is 1.62. The minimum Gasteiger partial charge on any atom is -0.500 e. The summed E-state index contributed by atoms with van der Waals surface area (Å²) in [5.41, 5.74) is 4.67. The third kappa shape index (κ3) is 3.67.